The van der Waals surface area contributed by atoms with Gasteiger partial charge in [0.2, 0.25) is 0 Å². The lowest BCUT2D eigenvalue weighted by Crippen LogP contribution is -2.41. The molecule has 0 heterocycles. The number of aldehydes is 1. The minimum atomic E-state index is -0.451. The number of nitrogens with one attached hydrogen (secondary N) is 1. The summed E-state index contributed by atoms with van der Waals surface area (Å²) in [5, 5.41) is 2.90. The Balaban J connectivity index is 2.31. The van der Waals surface area contributed by atoms with Crippen molar-refractivity contribution in [3.8, 4) is 0 Å². The van der Waals surface area contributed by atoms with Crippen LogP contribution in [0.3, 0.4) is 0 Å². The molecule has 0 aromatic rings. The number of ether oxygens (including phenoxy) is 1. The van der Waals surface area contributed by atoms with Crippen LogP contribution >= 0.6 is 0 Å². The normalized spacial score (nSPS) is 26.2. The Morgan fingerprint density at radius 2 is 1.83 bits per heavy atom. The van der Waals surface area contributed by atoms with Gasteiger partial charge in [0, 0.05) is 12.0 Å². The van der Waals surface area contributed by atoms with Crippen molar-refractivity contribution in [3.63, 3.8) is 0 Å². The maximum Gasteiger partial charge on any atom is 0.407 e. The first-order chi connectivity index (χ1) is 8.31. The monoisotopic (exact) mass is 255 g/mol. The van der Waals surface area contributed by atoms with E-state index in [1.165, 1.54) is 0 Å². The molecule has 0 bridgehead atoms. The number of alkyl carbamates (subject to hydrolysis) is 1. The summed E-state index contributed by atoms with van der Waals surface area (Å²) in [6.07, 6.45) is 4.56. The Bertz CT molecular complexity index is 288. The Kier molecular flexibility index (Phi) is 5.17. The number of amides is 1. The second-order valence-corrected chi connectivity index (χ2v) is 6.25. The van der Waals surface area contributed by atoms with Crippen LogP contribution in [0.15, 0.2) is 0 Å². The molecule has 1 N–H and O–H groups in total. The maximum atomic E-state index is 11.6. The fraction of sp³-hybridized carbons (Fsp3) is 0.857. The highest BCUT2D eigenvalue weighted by Crippen LogP contribution is 2.29. The third-order valence-corrected chi connectivity index (χ3v) is 3.45. The second-order valence-electron chi connectivity index (χ2n) is 6.25. The van der Waals surface area contributed by atoms with Crippen LogP contribution in [0.5, 0.6) is 0 Å². The van der Waals surface area contributed by atoms with Gasteiger partial charge in [-0.3, -0.25) is 0 Å². The molecule has 0 aliphatic heterocycles. The highest BCUT2D eigenvalue weighted by molar-refractivity contribution is 5.68. The van der Waals surface area contributed by atoms with Gasteiger partial charge >= 0.3 is 6.09 Å². The van der Waals surface area contributed by atoms with Crippen molar-refractivity contribution in [2.75, 3.05) is 0 Å². The fourth-order valence-electron chi connectivity index (χ4n) is 2.37. The molecule has 4 nitrogen and oxygen atoms in total. The van der Waals surface area contributed by atoms with Gasteiger partial charge in [0.15, 0.2) is 0 Å². The summed E-state index contributed by atoms with van der Waals surface area (Å²) in [6.45, 7) is 7.54. The predicted molar refractivity (Wildman–Crippen MR) is 70.3 cm³/mol. The van der Waals surface area contributed by atoms with Crippen molar-refractivity contribution in [1.82, 2.24) is 5.32 Å². The summed E-state index contributed by atoms with van der Waals surface area (Å²) in [4.78, 5) is 22.3. The van der Waals surface area contributed by atoms with Crippen LogP contribution in [0, 0.1) is 11.8 Å². The van der Waals surface area contributed by atoms with Crippen LogP contribution in [-0.2, 0) is 9.53 Å². The molecule has 1 fully saturated rings. The highest BCUT2D eigenvalue weighted by atomic mass is 16.6. The topological polar surface area (TPSA) is 55.4 Å². The first-order valence-electron chi connectivity index (χ1n) is 6.76. The average molecular weight is 255 g/mol. The summed E-state index contributed by atoms with van der Waals surface area (Å²) in [6, 6.07) is 0.190. The molecule has 18 heavy (non-hydrogen) atoms. The second kappa shape index (κ2) is 6.21. The van der Waals surface area contributed by atoms with Crippen LogP contribution in [-0.4, -0.2) is 24.0 Å². The van der Waals surface area contributed by atoms with Crippen molar-refractivity contribution in [1.29, 1.82) is 0 Å². The summed E-state index contributed by atoms with van der Waals surface area (Å²) in [7, 11) is 0. The summed E-state index contributed by atoms with van der Waals surface area (Å²) in [5.41, 5.74) is -0.451. The molecule has 104 valence electrons. The number of hydrogen-bond donors (Lipinski definition) is 1. The van der Waals surface area contributed by atoms with E-state index < -0.39 is 5.60 Å². The Labute approximate surface area is 109 Å². The van der Waals surface area contributed by atoms with E-state index in [1.807, 2.05) is 27.7 Å². The Morgan fingerprint density at radius 3 is 2.28 bits per heavy atom. The Morgan fingerprint density at radius 1 is 1.28 bits per heavy atom. The van der Waals surface area contributed by atoms with Crippen LogP contribution < -0.4 is 5.32 Å². The standard InChI is InChI=1S/C14H25NO3/c1-10(9-16)11-5-7-12(8-6-11)15-13(17)18-14(2,3)4/h9-12H,5-8H2,1-4H3,(H,15,17). The van der Waals surface area contributed by atoms with Gasteiger partial charge in [-0.1, -0.05) is 6.92 Å². The molecule has 1 aliphatic rings. The van der Waals surface area contributed by atoms with E-state index >= 15 is 0 Å². The van der Waals surface area contributed by atoms with E-state index in [2.05, 4.69) is 5.32 Å². The zero-order valence-corrected chi connectivity index (χ0v) is 11.9. The van der Waals surface area contributed by atoms with Crippen molar-refractivity contribution in [3.05, 3.63) is 0 Å². The maximum absolute atomic E-state index is 11.6. The van der Waals surface area contributed by atoms with E-state index in [1.54, 1.807) is 0 Å². The molecular formula is C14H25NO3. The summed E-state index contributed by atoms with van der Waals surface area (Å²) in [5.74, 6) is 0.603. The van der Waals surface area contributed by atoms with Gasteiger partial charge in [0.05, 0.1) is 0 Å². The highest BCUT2D eigenvalue weighted by Gasteiger charge is 2.27. The number of rotatable bonds is 3. The van der Waals surface area contributed by atoms with E-state index in [0.717, 1.165) is 32.0 Å². The first kappa shape index (κ1) is 15.0. The minimum Gasteiger partial charge on any atom is -0.444 e. The lowest BCUT2D eigenvalue weighted by molar-refractivity contribution is -0.112. The van der Waals surface area contributed by atoms with Crippen LogP contribution in [0.1, 0.15) is 53.4 Å². The van der Waals surface area contributed by atoms with E-state index in [9.17, 15) is 9.59 Å². The molecule has 0 radical (unpaired) electrons. The van der Waals surface area contributed by atoms with Crippen LogP contribution in [0.25, 0.3) is 0 Å². The number of hydrogen-bond acceptors (Lipinski definition) is 3. The lowest BCUT2D eigenvalue weighted by atomic mass is 9.79. The molecule has 0 saturated heterocycles. The fourth-order valence-corrected chi connectivity index (χ4v) is 2.37. The summed E-state index contributed by atoms with van der Waals surface area (Å²) < 4.78 is 5.23. The van der Waals surface area contributed by atoms with Crippen molar-refractivity contribution in [2.45, 2.75) is 65.0 Å². The number of carbonyl (C=O) groups excluding carboxylic acids is 2. The molecular weight excluding hydrogens is 230 g/mol. The molecule has 4 heteroatoms. The third kappa shape index (κ3) is 5.07. The zero-order valence-electron chi connectivity index (χ0n) is 11.9. The zero-order chi connectivity index (χ0) is 13.8. The SMILES string of the molecule is CC(C=O)C1CCC(NC(=O)OC(C)(C)C)CC1. The average Bonchev–Trinajstić information content (AvgIpc) is 2.26. The predicted octanol–water partition coefficient (Wildman–Crippen LogP) is 2.90. The Hall–Kier alpha value is -1.06. The molecule has 0 aromatic carbocycles. The molecule has 1 rings (SSSR count). The van der Waals surface area contributed by atoms with Crippen molar-refractivity contribution in [2.24, 2.45) is 11.8 Å². The first-order valence-corrected chi connectivity index (χ1v) is 6.76. The van der Waals surface area contributed by atoms with Crippen molar-refractivity contribution >= 4 is 12.4 Å². The molecule has 1 atom stereocenters. The van der Waals surface area contributed by atoms with Gasteiger partial charge in [0.25, 0.3) is 0 Å². The quantitative estimate of drug-likeness (QED) is 0.789. The van der Waals surface area contributed by atoms with Gasteiger partial charge in [-0.2, -0.15) is 0 Å². The molecule has 1 unspecified atom stereocenters. The third-order valence-electron chi connectivity index (χ3n) is 3.45. The van der Waals surface area contributed by atoms with E-state index in [4.69, 9.17) is 4.74 Å². The minimum absolute atomic E-state index is 0.132. The summed E-state index contributed by atoms with van der Waals surface area (Å²) >= 11 is 0. The molecule has 0 aromatic heterocycles. The molecule has 1 saturated carbocycles. The van der Waals surface area contributed by atoms with Gasteiger partial charge in [-0.15, -0.1) is 0 Å². The van der Waals surface area contributed by atoms with E-state index in [-0.39, 0.29) is 18.1 Å². The van der Waals surface area contributed by atoms with Gasteiger partial charge < -0.3 is 14.8 Å². The smallest absolute Gasteiger partial charge is 0.407 e. The number of carbonyl (C=O) groups is 2. The van der Waals surface area contributed by atoms with Crippen LogP contribution in [0.2, 0.25) is 0 Å². The molecule has 1 aliphatic carbocycles. The van der Waals surface area contributed by atoms with Crippen molar-refractivity contribution < 1.29 is 14.3 Å². The van der Waals surface area contributed by atoms with Gasteiger partial charge in [-0.25, -0.2) is 4.79 Å². The van der Waals surface area contributed by atoms with Gasteiger partial charge in [-0.05, 0) is 52.4 Å². The van der Waals surface area contributed by atoms with Crippen LogP contribution in [0.4, 0.5) is 4.79 Å². The lowest BCUT2D eigenvalue weighted by Gasteiger charge is -2.31. The molecule has 0 spiro atoms. The largest absolute Gasteiger partial charge is 0.444 e. The van der Waals surface area contributed by atoms with Gasteiger partial charge in [0.1, 0.15) is 11.9 Å². The van der Waals surface area contributed by atoms with E-state index in [0.29, 0.717) is 5.92 Å². The molecule has 1 amide bonds.